The van der Waals surface area contributed by atoms with Crippen molar-refractivity contribution in [2.75, 3.05) is 6.61 Å². The van der Waals surface area contributed by atoms with Crippen LogP contribution in [0.15, 0.2) is 15.8 Å². The number of aromatic amines is 1. The first-order valence-corrected chi connectivity index (χ1v) is 7.44. The molecule has 2 N–H and O–H groups in total. The number of nitrogens with one attached hydrogen (secondary N) is 1. The highest BCUT2D eigenvalue weighted by Gasteiger charge is 2.31. The van der Waals surface area contributed by atoms with Crippen LogP contribution < -0.4 is 11.2 Å². The van der Waals surface area contributed by atoms with E-state index < -0.39 is 0 Å². The Hall–Kier alpha value is -1.36. The van der Waals surface area contributed by atoms with Gasteiger partial charge in [-0.25, -0.2) is 4.79 Å². The molecule has 1 fully saturated rings. The minimum atomic E-state index is -0.318. The van der Waals surface area contributed by atoms with Gasteiger partial charge in [0.1, 0.15) is 0 Å². The van der Waals surface area contributed by atoms with Crippen molar-refractivity contribution < 1.29 is 5.11 Å². The second-order valence-electron chi connectivity index (χ2n) is 6.07. The Bertz CT molecular complexity index is 561. The molecule has 1 aliphatic rings. The molecule has 1 aromatic heterocycles. The SMILES string of the molecule is Cc1cn(CC2CCCC2[C@@H](C)CCO)c(=O)[nH]c1=O. The highest BCUT2D eigenvalue weighted by Crippen LogP contribution is 2.38. The maximum Gasteiger partial charge on any atom is 0.328 e. The summed E-state index contributed by atoms with van der Waals surface area (Å²) >= 11 is 0. The highest BCUT2D eigenvalue weighted by atomic mass is 16.3. The number of rotatable bonds is 5. The van der Waals surface area contributed by atoms with Crippen LogP contribution in [-0.4, -0.2) is 21.3 Å². The summed E-state index contributed by atoms with van der Waals surface area (Å²) in [6.45, 7) is 4.79. The molecule has 2 rings (SSSR count). The van der Waals surface area contributed by atoms with E-state index in [1.165, 1.54) is 12.8 Å². The van der Waals surface area contributed by atoms with E-state index in [1.54, 1.807) is 17.7 Å². The van der Waals surface area contributed by atoms with Gasteiger partial charge in [-0.15, -0.1) is 0 Å². The minimum Gasteiger partial charge on any atom is -0.396 e. The predicted octanol–water partition coefficient (Wildman–Crippen LogP) is 1.28. The van der Waals surface area contributed by atoms with Gasteiger partial charge in [0.2, 0.25) is 0 Å². The second-order valence-corrected chi connectivity index (χ2v) is 6.07. The lowest BCUT2D eigenvalue weighted by Crippen LogP contribution is -2.34. The van der Waals surface area contributed by atoms with Crippen LogP contribution in [0.1, 0.15) is 38.2 Å². The van der Waals surface area contributed by atoms with Crippen LogP contribution in [0.25, 0.3) is 0 Å². The summed E-state index contributed by atoms with van der Waals surface area (Å²) in [5.74, 6) is 1.49. The van der Waals surface area contributed by atoms with Crippen molar-refractivity contribution in [2.45, 2.75) is 46.1 Å². The molecule has 0 spiro atoms. The Labute approximate surface area is 118 Å². The smallest absolute Gasteiger partial charge is 0.328 e. The summed E-state index contributed by atoms with van der Waals surface area (Å²) in [6.07, 6.45) is 5.95. The van der Waals surface area contributed by atoms with Crippen molar-refractivity contribution in [3.63, 3.8) is 0 Å². The van der Waals surface area contributed by atoms with E-state index in [2.05, 4.69) is 11.9 Å². The molecular weight excluding hydrogens is 256 g/mol. The van der Waals surface area contributed by atoms with Gasteiger partial charge < -0.3 is 9.67 Å². The fraction of sp³-hybridized carbons (Fsp3) is 0.733. The van der Waals surface area contributed by atoms with Gasteiger partial charge in [0.05, 0.1) is 0 Å². The summed E-state index contributed by atoms with van der Waals surface area (Å²) in [6, 6.07) is 0. The van der Waals surface area contributed by atoms with E-state index >= 15 is 0 Å². The number of aromatic nitrogens is 2. The first kappa shape index (κ1) is 15.0. The van der Waals surface area contributed by atoms with E-state index in [1.807, 2.05) is 0 Å². The zero-order chi connectivity index (χ0) is 14.7. The number of nitrogens with zero attached hydrogens (tertiary/aromatic N) is 1. The van der Waals surface area contributed by atoms with Crippen LogP contribution in [0.2, 0.25) is 0 Å². The molecule has 1 heterocycles. The third kappa shape index (κ3) is 3.20. The Morgan fingerprint density at radius 2 is 2.20 bits per heavy atom. The van der Waals surface area contributed by atoms with Gasteiger partial charge in [0.25, 0.3) is 5.56 Å². The van der Waals surface area contributed by atoms with Crippen LogP contribution in [0.3, 0.4) is 0 Å². The third-order valence-electron chi connectivity index (χ3n) is 4.65. The molecule has 5 nitrogen and oxygen atoms in total. The largest absolute Gasteiger partial charge is 0.396 e. The summed E-state index contributed by atoms with van der Waals surface area (Å²) in [4.78, 5) is 25.6. The van der Waals surface area contributed by atoms with Crippen LogP contribution in [-0.2, 0) is 6.54 Å². The fourth-order valence-electron chi connectivity index (χ4n) is 3.47. The van der Waals surface area contributed by atoms with Crippen molar-refractivity contribution in [1.82, 2.24) is 9.55 Å². The van der Waals surface area contributed by atoms with E-state index in [-0.39, 0.29) is 17.9 Å². The third-order valence-corrected chi connectivity index (χ3v) is 4.65. The van der Waals surface area contributed by atoms with Gasteiger partial charge >= 0.3 is 5.69 Å². The molecule has 0 saturated heterocycles. The van der Waals surface area contributed by atoms with Crippen LogP contribution in [0.5, 0.6) is 0 Å². The number of aliphatic hydroxyl groups excluding tert-OH is 1. The second kappa shape index (κ2) is 6.39. The van der Waals surface area contributed by atoms with Crippen LogP contribution in [0.4, 0.5) is 0 Å². The van der Waals surface area contributed by atoms with Crippen molar-refractivity contribution >= 4 is 0 Å². The Balaban J connectivity index is 2.15. The molecule has 2 unspecified atom stereocenters. The number of aryl methyl sites for hydroxylation is 1. The Morgan fingerprint density at radius 1 is 1.45 bits per heavy atom. The normalized spacial score (nSPS) is 23.9. The van der Waals surface area contributed by atoms with Crippen molar-refractivity contribution in [1.29, 1.82) is 0 Å². The van der Waals surface area contributed by atoms with Crippen LogP contribution >= 0.6 is 0 Å². The lowest BCUT2D eigenvalue weighted by Gasteiger charge is -2.26. The zero-order valence-electron chi connectivity index (χ0n) is 12.3. The molecule has 0 aliphatic heterocycles. The molecule has 5 heteroatoms. The summed E-state index contributed by atoms with van der Waals surface area (Å²) < 4.78 is 1.63. The van der Waals surface area contributed by atoms with Gasteiger partial charge in [-0.05, 0) is 43.9 Å². The van der Waals surface area contributed by atoms with Gasteiger partial charge in [0.15, 0.2) is 0 Å². The molecule has 0 radical (unpaired) electrons. The highest BCUT2D eigenvalue weighted by molar-refractivity contribution is 5.01. The summed E-state index contributed by atoms with van der Waals surface area (Å²) in [5, 5.41) is 9.09. The lowest BCUT2D eigenvalue weighted by molar-refractivity contribution is 0.193. The van der Waals surface area contributed by atoms with E-state index in [0.717, 1.165) is 12.8 Å². The van der Waals surface area contributed by atoms with Gasteiger partial charge in [-0.1, -0.05) is 13.3 Å². The summed E-state index contributed by atoms with van der Waals surface area (Å²) in [5.41, 5.74) is -0.0496. The average molecular weight is 280 g/mol. The Kier molecular flexibility index (Phi) is 4.81. The van der Waals surface area contributed by atoms with Gasteiger partial charge in [-0.3, -0.25) is 9.78 Å². The lowest BCUT2D eigenvalue weighted by atomic mass is 9.83. The number of H-pyrrole nitrogens is 1. The minimum absolute atomic E-state index is 0.224. The molecule has 20 heavy (non-hydrogen) atoms. The summed E-state index contributed by atoms with van der Waals surface area (Å²) in [7, 11) is 0. The van der Waals surface area contributed by atoms with E-state index in [9.17, 15) is 9.59 Å². The monoisotopic (exact) mass is 280 g/mol. The topological polar surface area (TPSA) is 75.1 Å². The molecular formula is C15H24N2O3. The van der Waals surface area contributed by atoms with Crippen molar-refractivity contribution in [3.05, 3.63) is 32.6 Å². The van der Waals surface area contributed by atoms with Gasteiger partial charge in [0, 0.05) is 24.9 Å². The number of aliphatic hydroxyl groups is 1. The quantitative estimate of drug-likeness (QED) is 0.853. The zero-order valence-corrected chi connectivity index (χ0v) is 12.3. The van der Waals surface area contributed by atoms with Crippen molar-refractivity contribution in [2.24, 2.45) is 17.8 Å². The molecule has 1 saturated carbocycles. The molecule has 0 bridgehead atoms. The molecule has 112 valence electrons. The molecule has 3 atom stereocenters. The molecule has 1 aromatic rings. The maximum atomic E-state index is 11.8. The number of hydrogen-bond acceptors (Lipinski definition) is 3. The molecule has 0 aromatic carbocycles. The first-order valence-electron chi connectivity index (χ1n) is 7.44. The first-order chi connectivity index (χ1) is 9.52. The fourth-order valence-corrected chi connectivity index (χ4v) is 3.47. The molecule has 1 aliphatic carbocycles. The van der Waals surface area contributed by atoms with Crippen LogP contribution in [0, 0.1) is 24.7 Å². The van der Waals surface area contributed by atoms with Crippen molar-refractivity contribution in [3.8, 4) is 0 Å². The Morgan fingerprint density at radius 3 is 2.90 bits per heavy atom. The standard InChI is InChI=1S/C15H24N2O3/c1-10(6-7-18)13-5-3-4-12(13)9-17-8-11(2)14(19)16-15(17)20/h8,10,12-13,18H,3-7,9H2,1-2H3,(H,16,19,20)/t10-,12?,13?/m0/s1. The van der Waals surface area contributed by atoms with E-state index in [0.29, 0.717) is 29.9 Å². The molecule has 0 amide bonds. The predicted molar refractivity (Wildman–Crippen MR) is 77.8 cm³/mol. The van der Waals surface area contributed by atoms with E-state index in [4.69, 9.17) is 5.11 Å². The van der Waals surface area contributed by atoms with Gasteiger partial charge in [-0.2, -0.15) is 0 Å². The number of hydrogen-bond donors (Lipinski definition) is 2. The maximum absolute atomic E-state index is 11.8. The average Bonchev–Trinajstić information content (AvgIpc) is 2.84.